The highest BCUT2D eigenvalue weighted by atomic mass is 16.6. The molecule has 1 saturated heterocycles. The van der Waals surface area contributed by atoms with Gasteiger partial charge in [-0.2, -0.15) is 0 Å². The summed E-state index contributed by atoms with van der Waals surface area (Å²) in [4.78, 5) is 25.9. The van der Waals surface area contributed by atoms with E-state index in [2.05, 4.69) is 10.2 Å². The third kappa shape index (κ3) is 3.42. The Bertz CT molecular complexity index is 539. The number of nitrogens with one attached hydrogen (secondary N) is 1. The molecule has 0 aliphatic carbocycles. The summed E-state index contributed by atoms with van der Waals surface area (Å²) in [6.07, 6.45) is 0. The van der Waals surface area contributed by atoms with Gasteiger partial charge >= 0.3 is 0 Å². The van der Waals surface area contributed by atoms with Crippen molar-refractivity contribution in [3.05, 3.63) is 28.3 Å². The molecule has 0 radical (unpaired) electrons. The SMILES string of the molecule is CCNc1cc(N2CCN(C(C)=O)CC2)ccc1[N+](=O)[O-]. The zero-order valence-corrected chi connectivity index (χ0v) is 12.3. The number of hydrogen-bond donors (Lipinski definition) is 1. The van der Waals surface area contributed by atoms with Crippen LogP contribution in [0.2, 0.25) is 0 Å². The normalized spacial score (nSPS) is 15.0. The van der Waals surface area contributed by atoms with Crippen LogP contribution in [0.4, 0.5) is 17.1 Å². The lowest BCUT2D eigenvalue weighted by Gasteiger charge is -2.35. The van der Waals surface area contributed by atoms with E-state index in [4.69, 9.17) is 0 Å². The molecule has 1 aromatic carbocycles. The van der Waals surface area contributed by atoms with E-state index < -0.39 is 0 Å². The first-order valence-corrected chi connectivity index (χ1v) is 7.05. The maximum Gasteiger partial charge on any atom is 0.292 e. The van der Waals surface area contributed by atoms with E-state index in [1.807, 2.05) is 17.9 Å². The molecule has 1 aliphatic rings. The quantitative estimate of drug-likeness (QED) is 0.675. The van der Waals surface area contributed by atoms with Crippen LogP contribution < -0.4 is 10.2 Å². The zero-order valence-electron chi connectivity index (χ0n) is 12.3. The van der Waals surface area contributed by atoms with E-state index in [1.165, 1.54) is 6.07 Å². The second-order valence-corrected chi connectivity index (χ2v) is 4.98. The number of carbonyl (C=O) groups excluding carboxylic acids is 1. The highest BCUT2D eigenvalue weighted by molar-refractivity contribution is 5.74. The standard InChI is InChI=1S/C14H20N4O3/c1-3-15-13-10-12(4-5-14(13)18(20)21)17-8-6-16(7-9-17)11(2)19/h4-5,10,15H,3,6-9H2,1-2H3. The zero-order chi connectivity index (χ0) is 15.4. The molecule has 0 aromatic heterocycles. The molecule has 1 aliphatic heterocycles. The Hall–Kier alpha value is -2.31. The number of carbonyl (C=O) groups is 1. The van der Waals surface area contributed by atoms with Crippen LogP contribution in [0.1, 0.15) is 13.8 Å². The average molecular weight is 292 g/mol. The van der Waals surface area contributed by atoms with Gasteiger partial charge < -0.3 is 15.1 Å². The summed E-state index contributed by atoms with van der Waals surface area (Å²) in [5.74, 6) is 0.0895. The Morgan fingerprint density at radius 1 is 1.33 bits per heavy atom. The summed E-state index contributed by atoms with van der Waals surface area (Å²) in [5, 5.41) is 14.0. The van der Waals surface area contributed by atoms with Gasteiger partial charge in [0.2, 0.25) is 5.91 Å². The van der Waals surface area contributed by atoms with Crippen LogP contribution in [0.25, 0.3) is 0 Å². The number of nitro groups is 1. The van der Waals surface area contributed by atoms with Crippen molar-refractivity contribution >= 4 is 23.0 Å². The van der Waals surface area contributed by atoms with Crippen LogP contribution in [-0.4, -0.2) is 48.5 Å². The number of nitrogens with zero attached hydrogens (tertiary/aromatic N) is 3. The fourth-order valence-corrected chi connectivity index (χ4v) is 2.49. The maximum atomic E-state index is 11.3. The van der Waals surface area contributed by atoms with Gasteiger partial charge in [0.15, 0.2) is 0 Å². The molecule has 0 saturated carbocycles. The molecule has 7 nitrogen and oxygen atoms in total. The first-order chi connectivity index (χ1) is 10.0. The predicted molar refractivity (Wildman–Crippen MR) is 81.7 cm³/mol. The Labute approximate surface area is 123 Å². The molecule has 1 amide bonds. The summed E-state index contributed by atoms with van der Waals surface area (Å²) < 4.78 is 0. The van der Waals surface area contributed by atoms with E-state index in [0.29, 0.717) is 25.3 Å². The molecular formula is C14H20N4O3. The topological polar surface area (TPSA) is 78.7 Å². The van der Waals surface area contributed by atoms with Gasteiger partial charge in [-0.1, -0.05) is 0 Å². The van der Waals surface area contributed by atoms with Gasteiger partial charge in [0.1, 0.15) is 5.69 Å². The van der Waals surface area contributed by atoms with E-state index in [9.17, 15) is 14.9 Å². The largest absolute Gasteiger partial charge is 0.380 e. The monoisotopic (exact) mass is 292 g/mol. The molecule has 114 valence electrons. The van der Waals surface area contributed by atoms with E-state index >= 15 is 0 Å². The van der Waals surface area contributed by atoms with Crippen molar-refractivity contribution in [3.8, 4) is 0 Å². The summed E-state index contributed by atoms with van der Waals surface area (Å²) >= 11 is 0. The number of nitro benzene ring substituents is 1. The summed E-state index contributed by atoms with van der Waals surface area (Å²) in [6.45, 7) is 6.95. The molecule has 1 aromatic rings. The molecule has 2 rings (SSSR count). The number of amides is 1. The molecule has 21 heavy (non-hydrogen) atoms. The minimum atomic E-state index is -0.380. The van der Waals surface area contributed by atoms with Crippen molar-refractivity contribution in [2.75, 3.05) is 42.9 Å². The van der Waals surface area contributed by atoms with Gasteiger partial charge in [-0.3, -0.25) is 14.9 Å². The Morgan fingerprint density at radius 2 is 2.00 bits per heavy atom. The summed E-state index contributed by atoms with van der Waals surface area (Å²) in [5.41, 5.74) is 1.57. The fourth-order valence-electron chi connectivity index (χ4n) is 2.49. The number of benzene rings is 1. The molecule has 1 N–H and O–H groups in total. The number of rotatable bonds is 4. The molecule has 7 heteroatoms. The first-order valence-electron chi connectivity index (χ1n) is 7.05. The minimum absolute atomic E-state index is 0.0861. The van der Waals surface area contributed by atoms with Gasteiger partial charge in [-0.15, -0.1) is 0 Å². The van der Waals surface area contributed by atoms with Gasteiger partial charge in [-0.25, -0.2) is 0 Å². The second-order valence-electron chi connectivity index (χ2n) is 4.98. The number of piperazine rings is 1. The maximum absolute atomic E-state index is 11.3. The van der Waals surface area contributed by atoms with Crippen molar-refractivity contribution < 1.29 is 9.72 Å². The Balaban J connectivity index is 2.16. The second kappa shape index (κ2) is 6.43. The van der Waals surface area contributed by atoms with Crippen molar-refractivity contribution in [2.24, 2.45) is 0 Å². The van der Waals surface area contributed by atoms with Crippen LogP contribution in [0.3, 0.4) is 0 Å². The van der Waals surface area contributed by atoms with Gasteiger partial charge in [0.05, 0.1) is 4.92 Å². The lowest BCUT2D eigenvalue weighted by molar-refractivity contribution is -0.383. The van der Waals surface area contributed by atoms with Gasteiger partial charge in [0, 0.05) is 51.4 Å². The van der Waals surface area contributed by atoms with Gasteiger partial charge in [0.25, 0.3) is 5.69 Å². The molecule has 0 unspecified atom stereocenters. The average Bonchev–Trinajstić information content (AvgIpc) is 2.47. The number of hydrogen-bond acceptors (Lipinski definition) is 5. The third-order valence-electron chi connectivity index (χ3n) is 3.63. The van der Waals surface area contributed by atoms with Crippen molar-refractivity contribution in [1.29, 1.82) is 0 Å². The summed E-state index contributed by atoms with van der Waals surface area (Å²) in [6, 6.07) is 5.11. The van der Waals surface area contributed by atoms with Crippen molar-refractivity contribution in [2.45, 2.75) is 13.8 Å². The lowest BCUT2D eigenvalue weighted by Crippen LogP contribution is -2.48. The molecule has 0 atom stereocenters. The molecular weight excluding hydrogens is 272 g/mol. The van der Waals surface area contributed by atoms with E-state index in [1.54, 1.807) is 13.0 Å². The van der Waals surface area contributed by atoms with Crippen LogP contribution in [-0.2, 0) is 4.79 Å². The van der Waals surface area contributed by atoms with Crippen LogP contribution in [0.5, 0.6) is 0 Å². The van der Waals surface area contributed by atoms with E-state index in [0.717, 1.165) is 18.8 Å². The lowest BCUT2D eigenvalue weighted by atomic mass is 10.2. The molecule has 1 heterocycles. The summed E-state index contributed by atoms with van der Waals surface area (Å²) in [7, 11) is 0. The highest BCUT2D eigenvalue weighted by Gasteiger charge is 2.21. The smallest absolute Gasteiger partial charge is 0.292 e. The fraction of sp³-hybridized carbons (Fsp3) is 0.500. The van der Waals surface area contributed by atoms with E-state index in [-0.39, 0.29) is 16.5 Å². The van der Waals surface area contributed by atoms with Crippen molar-refractivity contribution in [1.82, 2.24) is 4.90 Å². The molecule has 0 bridgehead atoms. The molecule has 1 fully saturated rings. The number of anilines is 2. The van der Waals surface area contributed by atoms with Crippen LogP contribution in [0.15, 0.2) is 18.2 Å². The van der Waals surface area contributed by atoms with Crippen molar-refractivity contribution in [3.63, 3.8) is 0 Å². The Morgan fingerprint density at radius 3 is 2.52 bits per heavy atom. The van der Waals surface area contributed by atoms with Crippen LogP contribution in [0, 0.1) is 10.1 Å². The molecule has 0 spiro atoms. The Kier molecular flexibility index (Phi) is 4.62. The van der Waals surface area contributed by atoms with Crippen LogP contribution >= 0.6 is 0 Å². The minimum Gasteiger partial charge on any atom is -0.380 e. The highest BCUT2D eigenvalue weighted by Crippen LogP contribution is 2.30. The third-order valence-corrected chi connectivity index (χ3v) is 3.63. The predicted octanol–water partition coefficient (Wildman–Crippen LogP) is 1.70. The van der Waals surface area contributed by atoms with Gasteiger partial charge in [-0.05, 0) is 19.1 Å². The first kappa shape index (κ1) is 15.1.